The minimum absolute atomic E-state index is 0.212. The molecule has 0 radical (unpaired) electrons. The molecule has 0 atom stereocenters. The van der Waals surface area contributed by atoms with Crippen LogP contribution in [0, 0.1) is 0 Å². The summed E-state index contributed by atoms with van der Waals surface area (Å²) in [6, 6.07) is 0. The van der Waals surface area contributed by atoms with Gasteiger partial charge in [0.15, 0.2) is 0 Å². The quantitative estimate of drug-likeness (QED) is 0.544. The maximum Gasteiger partial charge on any atom is 0.0849 e. The molecule has 6 nitrogen and oxygen atoms in total. The van der Waals surface area contributed by atoms with E-state index in [1.165, 1.54) is 0 Å². The third-order valence-corrected chi connectivity index (χ3v) is 3.22. The summed E-state index contributed by atoms with van der Waals surface area (Å²) in [5.74, 6) is 0. The number of methoxy groups -OCH3 is 1. The fraction of sp³-hybridized carbons (Fsp3) is 1.00. The van der Waals surface area contributed by atoms with E-state index in [1.54, 1.807) is 7.11 Å². The average Bonchev–Trinajstić information content (AvgIpc) is 2.46. The van der Waals surface area contributed by atoms with E-state index in [1.807, 2.05) is 0 Å². The number of ether oxygens (including phenoxy) is 5. The second-order valence-electron chi connectivity index (χ2n) is 4.57. The highest BCUT2D eigenvalue weighted by atomic mass is 16.6. The zero-order chi connectivity index (χ0) is 13.8. The molecule has 1 aliphatic rings. The molecule has 1 saturated heterocycles. The summed E-state index contributed by atoms with van der Waals surface area (Å²) in [5, 5.41) is 0. The third kappa shape index (κ3) is 7.20. The highest BCUT2D eigenvalue weighted by molar-refractivity contribution is 4.84. The van der Waals surface area contributed by atoms with Crippen molar-refractivity contribution in [2.45, 2.75) is 18.4 Å². The van der Waals surface area contributed by atoms with Gasteiger partial charge in [0.05, 0.1) is 45.2 Å². The maximum absolute atomic E-state index is 5.87. The van der Waals surface area contributed by atoms with Crippen LogP contribution in [0.3, 0.4) is 0 Å². The molecule has 0 aromatic rings. The lowest BCUT2D eigenvalue weighted by molar-refractivity contribution is -0.117. The highest BCUT2D eigenvalue weighted by Gasteiger charge is 2.31. The van der Waals surface area contributed by atoms with Crippen molar-refractivity contribution in [1.82, 2.24) is 0 Å². The van der Waals surface area contributed by atoms with Gasteiger partial charge in [0.2, 0.25) is 0 Å². The Morgan fingerprint density at radius 1 is 0.947 bits per heavy atom. The highest BCUT2D eigenvalue weighted by Crippen LogP contribution is 2.23. The summed E-state index contributed by atoms with van der Waals surface area (Å²) in [7, 11) is 1.65. The van der Waals surface area contributed by atoms with Crippen LogP contribution in [0.4, 0.5) is 0 Å². The lowest BCUT2D eigenvalue weighted by Gasteiger charge is -2.36. The topological polar surface area (TPSA) is 72.2 Å². The Hall–Kier alpha value is -0.240. The van der Waals surface area contributed by atoms with Crippen molar-refractivity contribution in [2.75, 3.05) is 66.5 Å². The third-order valence-electron chi connectivity index (χ3n) is 3.22. The molecule has 1 rings (SSSR count). The SMILES string of the molecule is COCCOCCOCCOC1(CN)CCOCC1. The minimum Gasteiger partial charge on any atom is -0.382 e. The van der Waals surface area contributed by atoms with Gasteiger partial charge in [0.25, 0.3) is 0 Å². The number of hydrogen-bond donors (Lipinski definition) is 1. The van der Waals surface area contributed by atoms with Crippen molar-refractivity contribution in [2.24, 2.45) is 5.73 Å². The zero-order valence-electron chi connectivity index (χ0n) is 11.9. The van der Waals surface area contributed by atoms with Gasteiger partial charge in [0, 0.05) is 39.7 Å². The Kier molecular flexibility index (Phi) is 9.32. The molecule has 1 fully saturated rings. The lowest BCUT2D eigenvalue weighted by atomic mass is 9.94. The molecule has 1 aliphatic heterocycles. The van der Waals surface area contributed by atoms with Crippen LogP contribution in [-0.2, 0) is 23.7 Å². The van der Waals surface area contributed by atoms with Crippen LogP contribution in [0.5, 0.6) is 0 Å². The smallest absolute Gasteiger partial charge is 0.0849 e. The van der Waals surface area contributed by atoms with Gasteiger partial charge in [-0.1, -0.05) is 0 Å². The Labute approximate surface area is 115 Å². The largest absolute Gasteiger partial charge is 0.382 e. The molecular weight excluding hydrogens is 250 g/mol. The van der Waals surface area contributed by atoms with Gasteiger partial charge in [-0.2, -0.15) is 0 Å². The summed E-state index contributed by atoms with van der Waals surface area (Å²) in [5.41, 5.74) is 5.58. The van der Waals surface area contributed by atoms with Crippen molar-refractivity contribution in [3.63, 3.8) is 0 Å². The van der Waals surface area contributed by atoms with Gasteiger partial charge in [-0.15, -0.1) is 0 Å². The first kappa shape index (κ1) is 16.8. The summed E-state index contributed by atoms with van der Waals surface area (Å²) < 4.78 is 26.8. The van der Waals surface area contributed by atoms with E-state index in [2.05, 4.69) is 0 Å². The zero-order valence-corrected chi connectivity index (χ0v) is 11.9. The van der Waals surface area contributed by atoms with Gasteiger partial charge in [-0.3, -0.25) is 0 Å². The van der Waals surface area contributed by atoms with Crippen LogP contribution in [0.15, 0.2) is 0 Å². The molecule has 114 valence electrons. The molecule has 0 spiro atoms. The van der Waals surface area contributed by atoms with Crippen LogP contribution in [0.1, 0.15) is 12.8 Å². The second-order valence-corrected chi connectivity index (χ2v) is 4.57. The molecule has 0 bridgehead atoms. The molecule has 0 amide bonds. The second kappa shape index (κ2) is 10.5. The van der Waals surface area contributed by atoms with E-state index in [-0.39, 0.29) is 5.60 Å². The van der Waals surface area contributed by atoms with Crippen LogP contribution >= 0.6 is 0 Å². The van der Waals surface area contributed by atoms with Crippen LogP contribution in [-0.4, -0.2) is 72.1 Å². The van der Waals surface area contributed by atoms with E-state index >= 15 is 0 Å². The fourth-order valence-corrected chi connectivity index (χ4v) is 1.93. The van der Waals surface area contributed by atoms with Crippen molar-refractivity contribution < 1.29 is 23.7 Å². The minimum atomic E-state index is -0.212. The predicted molar refractivity (Wildman–Crippen MR) is 71.3 cm³/mol. The van der Waals surface area contributed by atoms with E-state index in [4.69, 9.17) is 29.4 Å². The number of rotatable bonds is 11. The summed E-state index contributed by atoms with van der Waals surface area (Å²) in [6.07, 6.45) is 1.73. The number of nitrogens with two attached hydrogens (primary N) is 1. The number of hydrogen-bond acceptors (Lipinski definition) is 6. The van der Waals surface area contributed by atoms with Crippen LogP contribution in [0.2, 0.25) is 0 Å². The van der Waals surface area contributed by atoms with E-state index in [0.29, 0.717) is 46.2 Å². The summed E-state index contributed by atoms with van der Waals surface area (Å²) >= 11 is 0. The van der Waals surface area contributed by atoms with Gasteiger partial charge in [0.1, 0.15) is 0 Å². The molecule has 0 aromatic heterocycles. The van der Waals surface area contributed by atoms with Crippen LogP contribution < -0.4 is 5.73 Å². The van der Waals surface area contributed by atoms with Crippen molar-refractivity contribution in [1.29, 1.82) is 0 Å². The van der Waals surface area contributed by atoms with Crippen LogP contribution in [0.25, 0.3) is 0 Å². The lowest BCUT2D eigenvalue weighted by Crippen LogP contribution is -2.46. The molecule has 6 heteroatoms. The van der Waals surface area contributed by atoms with Crippen molar-refractivity contribution in [3.8, 4) is 0 Å². The first-order valence-corrected chi connectivity index (χ1v) is 6.89. The average molecular weight is 277 g/mol. The van der Waals surface area contributed by atoms with Crippen molar-refractivity contribution in [3.05, 3.63) is 0 Å². The Bertz CT molecular complexity index is 209. The molecule has 0 unspecified atom stereocenters. The van der Waals surface area contributed by atoms with Gasteiger partial charge in [-0.05, 0) is 0 Å². The normalized spacial score (nSPS) is 18.6. The molecule has 1 heterocycles. The molecule has 0 saturated carbocycles. The fourth-order valence-electron chi connectivity index (χ4n) is 1.93. The van der Waals surface area contributed by atoms with E-state index < -0.39 is 0 Å². The first-order chi connectivity index (χ1) is 9.33. The molecule has 2 N–H and O–H groups in total. The Balaban J connectivity index is 1.94. The molecular formula is C13H27NO5. The summed E-state index contributed by atoms with van der Waals surface area (Å²) in [4.78, 5) is 0. The molecule has 19 heavy (non-hydrogen) atoms. The van der Waals surface area contributed by atoms with E-state index in [0.717, 1.165) is 26.1 Å². The van der Waals surface area contributed by atoms with Crippen molar-refractivity contribution >= 4 is 0 Å². The van der Waals surface area contributed by atoms with Gasteiger partial charge < -0.3 is 29.4 Å². The Morgan fingerprint density at radius 2 is 1.53 bits per heavy atom. The monoisotopic (exact) mass is 277 g/mol. The predicted octanol–water partition coefficient (Wildman–Crippen LogP) is 0.191. The summed E-state index contributed by atoms with van der Waals surface area (Å²) in [6.45, 7) is 5.50. The van der Waals surface area contributed by atoms with Gasteiger partial charge in [-0.25, -0.2) is 0 Å². The maximum atomic E-state index is 5.87. The van der Waals surface area contributed by atoms with Gasteiger partial charge >= 0.3 is 0 Å². The first-order valence-electron chi connectivity index (χ1n) is 6.89. The standard InChI is InChI=1S/C13H27NO5/c1-15-6-7-17-8-9-18-10-11-19-13(12-14)2-4-16-5-3-13/h2-12,14H2,1H3. The van der Waals surface area contributed by atoms with E-state index in [9.17, 15) is 0 Å². The molecule has 0 aliphatic carbocycles. The Morgan fingerprint density at radius 3 is 2.11 bits per heavy atom. The molecule has 0 aromatic carbocycles.